The number of sulfonamides is 2. The quantitative estimate of drug-likeness (QED) is 0.752. The minimum Gasteiger partial charge on any atom is -0.279 e. The molecule has 3 rings (SSSR count). The molecule has 1 aromatic heterocycles. The van der Waals surface area contributed by atoms with E-state index in [1.807, 2.05) is 13.8 Å². The minimum absolute atomic E-state index is 0.0977. The molecular weight excluding hydrogens is 428 g/mol. The van der Waals surface area contributed by atoms with Gasteiger partial charge >= 0.3 is 0 Å². The van der Waals surface area contributed by atoms with E-state index in [0.29, 0.717) is 34.9 Å². The molecule has 148 valence electrons. The third-order valence-electron chi connectivity index (χ3n) is 4.39. The van der Waals surface area contributed by atoms with Crippen LogP contribution in [0.15, 0.2) is 45.5 Å². The molecule has 1 N–H and O–H groups in total. The Morgan fingerprint density at radius 1 is 1.00 bits per heavy atom. The van der Waals surface area contributed by atoms with Gasteiger partial charge in [0.1, 0.15) is 4.21 Å². The smallest absolute Gasteiger partial charge is 0.271 e. The summed E-state index contributed by atoms with van der Waals surface area (Å²) in [7, 11) is -7.35. The summed E-state index contributed by atoms with van der Waals surface area (Å²) in [5.41, 5.74) is 0.291. The number of anilines is 1. The molecule has 1 aliphatic heterocycles. The van der Waals surface area contributed by atoms with Gasteiger partial charge in [0, 0.05) is 18.8 Å². The van der Waals surface area contributed by atoms with Crippen molar-refractivity contribution >= 4 is 48.7 Å². The van der Waals surface area contributed by atoms with Gasteiger partial charge in [-0.05, 0) is 54.7 Å². The average Bonchev–Trinajstić information content (AvgIpc) is 3.01. The van der Waals surface area contributed by atoms with Gasteiger partial charge in [-0.25, -0.2) is 16.8 Å². The van der Waals surface area contributed by atoms with Crippen LogP contribution < -0.4 is 4.72 Å². The van der Waals surface area contributed by atoms with Gasteiger partial charge in [0.05, 0.1) is 9.23 Å². The molecule has 0 amide bonds. The van der Waals surface area contributed by atoms with Crippen LogP contribution >= 0.6 is 22.9 Å². The summed E-state index contributed by atoms with van der Waals surface area (Å²) in [6.07, 6.45) is 1.01. The first-order valence-electron chi connectivity index (χ1n) is 8.46. The number of rotatable bonds is 5. The summed E-state index contributed by atoms with van der Waals surface area (Å²) in [4.78, 5) is 0.158. The highest BCUT2D eigenvalue weighted by Crippen LogP contribution is 2.29. The molecule has 2 aromatic rings. The number of piperidine rings is 1. The van der Waals surface area contributed by atoms with Gasteiger partial charge in [-0.3, -0.25) is 4.72 Å². The fraction of sp³-hybridized carbons (Fsp3) is 0.412. The standard InChI is InChI=1S/C17H21ClN2O4S3/c1-12-9-13(2)11-20(10-12)27(23,24)15-5-3-14(4-6-15)19-26(21,22)17-8-7-16(18)25-17/h3-8,12-13,19H,9-11H2,1-2H3/t12-,13-/m0/s1. The fourth-order valence-electron chi connectivity index (χ4n) is 3.29. The van der Waals surface area contributed by atoms with Crippen molar-refractivity contribution in [1.29, 1.82) is 0 Å². The van der Waals surface area contributed by atoms with Gasteiger partial charge < -0.3 is 0 Å². The first-order chi connectivity index (χ1) is 12.6. The Bertz CT molecular complexity index is 1010. The van der Waals surface area contributed by atoms with E-state index in [4.69, 9.17) is 11.6 Å². The molecule has 6 nitrogen and oxygen atoms in total. The van der Waals surface area contributed by atoms with Crippen LogP contribution in [0.1, 0.15) is 20.3 Å². The zero-order chi connectivity index (χ0) is 19.8. The summed E-state index contributed by atoms with van der Waals surface area (Å²) in [6, 6.07) is 8.70. The van der Waals surface area contributed by atoms with E-state index in [2.05, 4.69) is 4.72 Å². The van der Waals surface area contributed by atoms with Crippen LogP contribution in [0.25, 0.3) is 0 Å². The average molecular weight is 449 g/mol. The van der Waals surface area contributed by atoms with Gasteiger partial charge in [0.25, 0.3) is 10.0 Å². The van der Waals surface area contributed by atoms with E-state index in [9.17, 15) is 16.8 Å². The van der Waals surface area contributed by atoms with Crippen LogP contribution in [0.3, 0.4) is 0 Å². The number of thiophene rings is 1. The molecule has 2 atom stereocenters. The lowest BCUT2D eigenvalue weighted by molar-refractivity contribution is 0.222. The zero-order valence-corrected chi connectivity index (χ0v) is 18.1. The number of benzene rings is 1. The predicted molar refractivity (Wildman–Crippen MR) is 108 cm³/mol. The highest BCUT2D eigenvalue weighted by Gasteiger charge is 2.31. The molecule has 10 heteroatoms. The Morgan fingerprint density at radius 3 is 2.11 bits per heavy atom. The number of nitrogens with one attached hydrogen (secondary N) is 1. The zero-order valence-electron chi connectivity index (χ0n) is 14.9. The molecule has 0 spiro atoms. The maximum Gasteiger partial charge on any atom is 0.271 e. The van der Waals surface area contributed by atoms with Crippen molar-refractivity contribution in [3.8, 4) is 0 Å². The second-order valence-corrected chi connectivity index (χ2v) is 12.5. The molecule has 0 saturated carbocycles. The monoisotopic (exact) mass is 448 g/mol. The first-order valence-corrected chi connectivity index (χ1v) is 12.6. The second-order valence-electron chi connectivity index (χ2n) is 6.96. The maximum atomic E-state index is 12.9. The lowest BCUT2D eigenvalue weighted by Gasteiger charge is -2.34. The van der Waals surface area contributed by atoms with Crippen molar-refractivity contribution in [2.24, 2.45) is 11.8 Å². The molecule has 27 heavy (non-hydrogen) atoms. The molecule has 0 unspecified atom stereocenters. The van der Waals surface area contributed by atoms with Gasteiger partial charge in [0.2, 0.25) is 10.0 Å². The molecule has 1 fully saturated rings. The van der Waals surface area contributed by atoms with Gasteiger partial charge in [0.15, 0.2) is 0 Å². The Balaban J connectivity index is 1.79. The maximum absolute atomic E-state index is 12.9. The summed E-state index contributed by atoms with van der Waals surface area (Å²) in [6.45, 7) is 5.10. The van der Waals surface area contributed by atoms with Gasteiger partial charge in [-0.1, -0.05) is 25.4 Å². The second kappa shape index (κ2) is 7.71. The van der Waals surface area contributed by atoms with Gasteiger partial charge in [-0.15, -0.1) is 11.3 Å². The summed E-state index contributed by atoms with van der Waals surface area (Å²) < 4.78 is 54.8. The third kappa shape index (κ3) is 4.65. The highest BCUT2D eigenvalue weighted by atomic mass is 35.5. The molecule has 1 aliphatic rings. The topological polar surface area (TPSA) is 83.6 Å². The Labute approximate surface area is 169 Å². The SMILES string of the molecule is C[C@H]1C[C@H](C)CN(S(=O)(=O)c2ccc(NS(=O)(=O)c3ccc(Cl)s3)cc2)C1. The Morgan fingerprint density at radius 2 is 1.59 bits per heavy atom. The lowest BCUT2D eigenvalue weighted by atomic mass is 9.94. The largest absolute Gasteiger partial charge is 0.279 e. The molecular formula is C17H21ClN2O4S3. The first kappa shape index (κ1) is 20.6. The van der Waals surface area contributed by atoms with Crippen LogP contribution in [-0.4, -0.2) is 34.2 Å². The van der Waals surface area contributed by atoms with Crippen LogP contribution in [0.5, 0.6) is 0 Å². The molecule has 0 bridgehead atoms. The number of hydrogen-bond acceptors (Lipinski definition) is 5. The molecule has 2 heterocycles. The number of halogens is 1. The van der Waals surface area contributed by atoms with Crippen LogP contribution in [0.4, 0.5) is 5.69 Å². The Hall–Kier alpha value is -1.13. The van der Waals surface area contributed by atoms with Crippen molar-refractivity contribution < 1.29 is 16.8 Å². The molecule has 0 aliphatic carbocycles. The van der Waals surface area contributed by atoms with E-state index in [1.54, 1.807) is 0 Å². The molecule has 0 radical (unpaired) electrons. The predicted octanol–water partition coefficient (Wildman–Crippen LogP) is 3.87. The van der Waals surface area contributed by atoms with Crippen LogP contribution in [-0.2, 0) is 20.0 Å². The fourth-order valence-corrected chi connectivity index (χ4v) is 7.51. The van der Waals surface area contributed by atoms with E-state index >= 15 is 0 Å². The molecule has 1 saturated heterocycles. The normalized spacial score (nSPS) is 21.9. The van der Waals surface area contributed by atoms with Crippen molar-refractivity contribution in [2.45, 2.75) is 29.4 Å². The van der Waals surface area contributed by atoms with Crippen LogP contribution in [0.2, 0.25) is 4.34 Å². The number of hydrogen-bond donors (Lipinski definition) is 1. The van der Waals surface area contributed by atoms with Crippen molar-refractivity contribution in [2.75, 3.05) is 17.8 Å². The van der Waals surface area contributed by atoms with Gasteiger partial charge in [-0.2, -0.15) is 4.31 Å². The third-order valence-corrected chi connectivity index (χ3v) is 9.34. The van der Waals surface area contributed by atoms with Crippen molar-refractivity contribution in [3.05, 3.63) is 40.7 Å². The Kier molecular flexibility index (Phi) is 5.88. The minimum atomic E-state index is -3.75. The summed E-state index contributed by atoms with van der Waals surface area (Å²) >= 11 is 6.74. The van der Waals surface area contributed by atoms with E-state index in [1.165, 1.54) is 40.7 Å². The van der Waals surface area contributed by atoms with E-state index in [0.717, 1.165) is 17.8 Å². The number of nitrogens with zero attached hydrogens (tertiary/aromatic N) is 1. The highest BCUT2D eigenvalue weighted by molar-refractivity contribution is 7.94. The summed E-state index contributed by atoms with van der Waals surface area (Å²) in [5, 5.41) is 0. The van der Waals surface area contributed by atoms with E-state index < -0.39 is 20.0 Å². The van der Waals surface area contributed by atoms with E-state index in [-0.39, 0.29) is 9.10 Å². The molecule has 1 aromatic carbocycles. The van der Waals surface area contributed by atoms with Crippen molar-refractivity contribution in [1.82, 2.24) is 4.31 Å². The summed E-state index contributed by atoms with van der Waals surface area (Å²) in [5.74, 6) is 0.624. The van der Waals surface area contributed by atoms with Crippen LogP contribution in [0, 0.1) is 11.8 Å². The van der Waals surface area contributed by atoms with Crippen molar-refractivity contribution in [3.63, 3.8) is 0 Å². The lowest BCUT2D eigenvalue weighted by Crippen LogP contribution is -2.42.